The number of thioether (sulfide) groups is 1. The third kappa shape index (κ3) is 30.9. The number of carbonyl (C=O) groups excluding carboxylic acids is 12. The Bertz CT molecular complexity index is 3200. The maximum Gasteiger partial charge on any atom is 0.326 e. The number of amides is 12. The minimum Gasteiger partial charge on any atom is -0.481 e. The predicted octanol–water partition coefficient (Wildman–Crippen LogP) is -3.54. The topological polar surface area (TPSA) is 545 Å². The number of rotatable bonds is 47. The van der Waals surface area contributed by atoms with Crippen molar-refractivity contribution in [1.82, 2.24) is 63.4 Å². The van der Waals surface area contributed by atoms with Crippen LogP contribution in [-0.2, 0) is 84.8 Å². The van der Waals surface area contributed by atoms with Crippen molar-refractivity contribution in [3.05, 3.63) is 71.8 Å². The molecular weight excluding hydrogens is 1380 g/mol. The van der Waals surface area contributed by atoms with Crippen LogP contribution in [-0.4, -0.2) is 242 Å². The van der Waals surface area contributed by atoms with Gasteiger partial charge in [0.15, 0.2) is 0 Å². The van der Waals surface area contributed by atoms with Gasteiger partial charge >= 0.3 is 17.9 Å². The summed E-state index contributed by atoms with van der Waals surface area (Å²) < 4.78 is 0. The standard InChI is InChI=1S/C67H102N14O20S2/c1-36(2)30-45(74-61(94)48(33-82)77-62(95)49(34-83)78-63(96)50(35-102)79-58(91)43(23-25-53(86)87)72-56(89)41(69)26-29-103-6)59(92)70-38(5)55(88)71-42(22-24-52(84)85)57(90)75-46(31-39-16-9-7-10-17-39)60(93)73-44(20-13-14-27-68)66(99)81-28-15-21-51(81)64(97)80-54(37(3)4)65(98)76-47(67(100)101)32-40-18-11-8-12-19-40/h7-12,16-19,36-38,41-51,54,82-83,102H,13-15,20-35,68-69H2,1-6H3,(H,70,92)(H,71,88)(H,72,89)(H,73,93)(H,74,94)(H,75,90)(H,76,98)(H,77,95)(H,78,96)(H,79,91)(H,80,97)(H,84,85)(H,86,87)(H,100,101)/t38-,41-,42-,43-,44-,45-,46-,47-,48-,49-,50-,51-,54-/m0/s1. The van der Waals surface area contributed by atoms with Crippen LogP contribution in [0.1, 0.15) is 116 Å². The molecule has 0 radical (unpaired) electrons. The van der Waals surface area contributed by atoms with Crippen molar-refractivity contribution in [2.24, 2.45) is 23.3 Å². The number of hydrogen-bond acceptors (Lipinski definition) is 21. The van der Waals surface area contributed by atoms with Crippen molar-refractivity contribution in [3.63, 3.8) is 0 Å². The fraction of sp³-hybridized carbons (Fsp3) is 0.597. The zero-order chi connectivity index (χ0) is 77.0. The van der Waals surface area contributed by atoms with E-state index in [9.17, 15) is 97.5 Å². The van der Waals surface area contributed by atoms with Crippen molar-refractivity contribution in [3.8, 4) is 0 Å². The molecule has 0 aliphatic carbocycles. The number of carbonyl (C=O) groups is 15. The Morgan fingerprint density at radius 3 is 1.43 bits per heavy atom. The molecule has 34 nitrogen and oxygen atoms in total. The van der Waals surface area contributed by atoms with Crippen molar-refractivity contribution >= 4 is 113 Å². The second kappa shape index (κ2) is 45.9. The van der Waals surface area contributed by atoms with E-state index in [4.69, 9.17) is 11.5 Å². The molecule has 0 saturated carbocycles. The molecule has 1 heterocycles. The van der Waals surface area contributed by atoms with E-state index in [2.05, 4.69) is 71.1 Å². The molecule has 103 heavy (non-hydrogen) atoms. The number of benzene rings is 2. The van der Waals surface area contributed by atoms with Gasteiger partial charge in [-0.2, -0.15) is 24.4 Å². The van der Waals surface area contributed by atoms with Gasteiger partial charge in [-0.05, 0) is 106 Å². The first-order chi connectivity index (χ1) is 48.8. The Labute approximate surface area is 607 Å². The van der Waals surface area contributed by atoms with E-state index in [1.807, 2.05) is 0 Å². The molecule has 13 atom stereocenters. The van der Waals surface area contributed by atoms with E-state index in [-0.39, 0.29) is 57.5 Å². The number of nitrogens with zero attached hydrogens (tertiary/aromatic N) is 1. The minimum absolute atomic E-state index is 0.00729. The Kier molecular flexibility index (Phi) is 39.3. The van der Waals surface area contributed by atoms with Crippen molar-refractivity contribution in [2.45, 2.75) is 197 Å². The summed E-state index contributed by atoms with van der Waals surface area (Å²) in [6, 6.07) is -2.16. The maximum absolute atomic E-state index is 14.7. The number of hydrogen-bond donors (Lipinski definition) is 19. The number of likely N-dealkylation sites (tertiary alicyclic amines) is 1. The molecule has 1 saturated heterocycles. The van der Waals surface area contributed by atoms with Crippen LogP contribution in [0.4, 0.5) is 0 Å². The molecule has 0 spiro atoms. The number of carboxylic acids is 3. The second-order valence-electron chi connectivity index (χ2n) is 25.6. The number of aliphatic hydroxyl groups excluding tert-OH is 2. The van der Waals surface area contributed by atoms with Crippen molar-refractivity contribution in [1.29, 1.82) is 0 Å². The first-order valence-electron chi connectivity index (χ1n) is 34.0. The molecule has 0 aromatic heterocycles. The SMILES string of the molecule is CSCC[C@H](N)C(=O)N[C@@H](CCC(=O)O)C(=O)N[C@@H](CS)C(=O)N[C@@H](CO)C(=O)N[C@@H](CO)C(=O)N[C@@H](CC(C)C)C(=O)N[C@@H](C)C(=O)N[C@@H](CCC(=O)O)C(=O)N[C@@H](Cc1ccccc1)C(=O)N[C@@H](CCCCN)C(=O)N1CCC[C@H]1C(=O)N[C@H](C(=O)N[C@@H](Cc1ccccc1)C(=O)O)C(C)C. The quantitative estimate of drug-likeness (QED) is 0.0225. The first kappa shape index (κ1) is 88.2. The van der Waals surface area contributed by atoms with Crippen LogP contribution < -0.4 is 70.0 Å². The van der Waals surface area contributed by atoms with Crippen LogP contribution in [0, 0.1) is 11.8 Å². The number of carboxylic acid groups (broad SMARTS) is 3. The van der Waals surface area contributed by atoms with Crippen LogP contribution in [0.25, 0.3) is 0 Å². The molecule has 2 aromatic carbocycles. The Morgan fingerprint density at radius 2 is 0.951 bits per heavy atom. The van der Waals surface area contributed by atoms with Gasteiger partial charge in [0.1, 0.15) is 72.5 Å². The smallest absolute Gasteiger partial charge is 0.326 e. The van der Waals surface area contributed by atoms with Gasteiger partial charge in [0.05, 0.1) is 19.3 Å². The van der Waals surface area contributed by atoms with E-state index >= 15 is 0 Å². The molecule has 3 rings (SSSR count). The Morgan fingerprint density at radius 1 is 0.515 bits per heavy atom. The van der Waals surface area contributed by atoms with Gasteiger partial charge in [-0.1, -0.05) is 88.4 Å². The van der Waals surface area contributed by atoms with Gasteiger partial charge < -0.3 is 100 Å². The molecule has 0 bridgehead atoms. The zero-order valence-electron chi connectivity index (χ0n) is 58.7. The number of aliphatic carboxylic acids is 3. The number of unbranched alkanes of at least 4 members (excludes halogenated alkanes) is 1. The Balaban J connectivity index is 1.81. The normalized spacial score (nSPS) is 16.2. The lowest BCUT2D eigenvalue weighted by molar-refractivity contribution is -0.144. The molecule has 12 amide bonds. The van der Waals surface area contributed by atoms with E-state index in [0.29, 0.717) is 36.1 Å². The molecule has 572 valence electrons. The highest BCUT2D eigenvalue weighted by Gasteiger charge is 2.42. The summed E-state index contributed by atoms with van der Waals surface area (Å²) in [5, 5.41) is 76.4. The second-order valence-corrected chi connectivity index (χ2v) is 27.0. The summed E-state index contributed by atoms with van der Waals surface area (Å²) in [6.45, 7) is 5.90. The molecule has 20 N–H and O–H groups in total. The lowest BCUT2D eigenvalue weighted by Gasteiger charge is -2.31. The minimum atomic E-state index is -1.86. The molecule has 1 aliphatic rings. The summed E-state index contributed by atoms with van der Waals surface area (Å²) in [7, 11) is 0. The number of nitrogens with one attached hydrogen (secondary N) is 11. The Hall–Kier alpha value is -8.97. The van der Waals surface area contributed by atoms with Crippen LogP contribution in [0.15, 0.2) is 60.7 Å². The average molecular weight is 1490 g/mol. The third-order valence-electron chi connectivity index (χ3n) is 16.5. The highest BCUT2D eigenvalue weighted by molar-refractivity contribution is 7.98. The van der Waals surface area contributed by atoms with E-state index in [0.717, 1.165) is 0 Å². The van der Waals surface area contributed by atoms with E-state index in [1.54, 1.807) is 94.6 Å². The fourth-order valence-electron chi connectivity index (χ4n) is 10.7. The van der Waals surface area contributed by atoms with Crippen LogP contribution in [0.5, 0.6) is 0 Å². The van der Waals surface area contributed by atoms with E-state index in [1.165, 1.54) is 23.6 Å². The molecular formula is C67H102N14O20S2. The molecule has 36 heteroatoms. The summed E-state index contributed by atoms with van der Waals surface area (Å²) in [5.74, 6) is -16.2. The van der Waals surface area contributed by atoms with Crippen LogP contribution in [0.2, 0.25) is 0 Å². The van der Waals surface area contributed by atoms with Crippen molar-refractivity contribution in [2.75, 3.05) is 44.1 Å². The summed E-state index contributed by atoms with van der Waals surface area (Å²) in [6.07, 6.45) is 0.641. The van der Waals surface area contributed by atoms with E-state index < -0.39 is 218 Å². The summed E-state index contributed by atoms with van der Waals surface area (Å²) >= 11 is 5.51. The van der Waals surface area contributed by atoms with Crippen LogP contribution in [0.3, 0.4) is 0 Å². The predicted molar refractivity (Wildman–Crippen MR) is 380 cm³/mol. The monoisotopic (exact) mass is 1490 g/mol. The van der Waals surface area contributed by atoms with Crippen molar-refractivity contribution < 1.29 is 97.5 Å². The highest BCUT2D eigenvalue weighted by Crippen LogP contribution is 2.22. The summed E-state index contributed by atoms with van der Waals surface area (Å²) in [4.78, 5) is 203. The lowest BCUT2D eigenvalue weighted by Crippen LogP contribution is -2.61. The maximum atomic E-state index is 14.7. The fourth-order valence-corrected chi connectivity index (χ4v) is 11.5. The van der Waals surface area contributed by atoms with Gasteiger partial charge in [-0.25, -0.2) is 4.79 Å². The molecule has 2 aromatic rings. The molecule has 1 aliphatic heterocycles. The van der Waals surface area contributed by atoms with Gasteiger partial charge in [0, 0.05) is 38.0 Å². The third-order valence-corrected chi connectivity index (χ3v) is 17.5. The number of aliphatic hydroxyl groups is 2. The molecule has 0 unspecified atom stereocenters. The number of thiol groups is 1. The van der Waals surface area contributed by atoms with Gasteiger partial charge in [-0.15, -0.1) is 0 Å². The van der Waals surface area contributed by atoms with Gasteiger partial charge in [-0.3, -0.25) is 67.1 Å². The lowest BCUT2D eigenvalue weighted by atomic mass is 10.0. The zero-order valence-corrected chi connectivity index (χ0v) is 60.4. The van der Waals surface area contributed by atoms with Gasteiger partial charge in [0.2, 0.25) is 70.9 Å². The highest BCUT2D eigenvalue weighted by atomic mass is 32.2. The molecule has 1 fully saturated rings. The first-order valence-corrected chi connectivity index (χ1v) is 36.0. The number of nitrogens with two attached hydrogens (primary N) is 2. The largest absolute Gasteiger partial charge is 0.481 e. The average Bonchev–Trinajstić information content (AvgIpc) is 1.77. The van der Waals surface area contributed by atoms with Gasteiger partial charge in [0.25, 0.3) is 0 Å². The van der Waals surface area contributed by atoms with Crippen LogP contribution >= 0.6 is 24.4 Å². The summed E-state index contributed by atoms with van der Waals surface area (Å²) in [5.41, 5.74) is 12.9.